The summed E-state index contributed by atoms with van der Waals surface area (Å²) in [6.45, 7) is 6.04. The minimum Gasteiger partial charge on any atom is -0.368 e. The van der Waals surface area contributed by atoms with Crippen LogP contribution in [0, 0.1) is 0 Å². The second-order valence-electron chi connectivity index (χ2n) is 4.54. The molecule has 0 aliphatic carbocycles. The van der Waals surface area contributed by atoms with Gasteiger partial charge in [-0.25, -0.2) is 0 Å². The molecule has 0 bridgehead atoms. The predicted molar refractivity (Wildman–Crippen MR) is 49.4 cm³/mol. The van der Waals surface area contributed by atoms with E-state index in [-0.39, 0.29) is 12.2 Å². The Kier molecular flexibility index (Phi) is 1.90. The summed E-state index contributed by atoms with van der Waals surface area (Å²) in [5, 5.41) is 3.05. The van der Waals surface area contributed by atoms with Crippen LogP contribution in [-0.2, 0) is 14.3 Å². The maximum atomic E-state index is 11.3. The number of hydrogen-bond acceptors (Lipinski definition) is 4. The van der Waals surface area contributed by atoms with Crippen LogP contribution in [0.15, 0.2) is 0 Å². The van der Waals surface area contributed by atoms with Crippen molar-refractivity contribution in [3.8, 4) is 0 Å². The van der Waals surface area contributed by atoms with Crippen LogP contribution in [0.4, 0.5) is 0 Å². The Labute approximate surface area is 82.9 Å². The Balaban J connectivity index is 2.24. The van der Waals surface area contributed by atoms with E-state index in [9.17, 15) is 4.79 Å². The largest absolute Gasteiger partial charge is 0.368 e. The molecule has 0 radical (unpaired) electrons. The van der Waals surface area contributed by atoms with E-state index in [4.69, 9.17) is 15.2 Å². The van der Waals surface area contributed by atoms with Gasteiger partial charge in [0.1, 0.15) is 17.7 Å². The van der Waals surface area contributed by atoms with Crippen molar-refractivity contribution in [3.63, 3.8) is 0 Å². The van der Waals surface area contributed by atoms with Gasteiger partial charge in [0, 0.05) is 6.54 Å². The van der Waals surface area contributed by atoms with E-state index >= 15 is 0 Å². The predicted octanol–water partition coefficient (Wildman–Crippen LogP) is -0.646. The number of ether oxygens (including phenoxy) is 2. The molecule has 2 rings (SSSR count). The van der Waals surface area contributed by atoms with Crippen LogP contribution in [-0.4, -0.2) is 36.0 Å². The monoisotopic (exact) mass is 200 g/mol. The third kappa shape index (κ3) is 1.24. The molecule has 5 heteroatoms. The van der Waals surface area contributed by atoms with Gasteiger partial charge in [0.2, 0.25) is 5.91 Å². The van der Waals surface area contributed by atoms with Gasteiger partial charge in [-0.05, 0) is 20.8 Å². The number of primary amides is 1. The third-order valence-corrected chi connectivity index (χ3v) is 2.94. The van der Waals surface area contributed by atoms with E-state index in [1.54, 1.807) is 6.92 Å². The molecule has 14 heavy (non-hydrogen) atoms. The van der Waals surface area contributed by atoms with Crippen LogP contribution in [0.1, 0.15) is 20.8 Å². The summed E-state index contributed by atoms with van der Waals surface area (Å²) >= 11 is 0. The van der Waals surface area contributed by atoms with Crippen molar-refractivity contribution >= 4 is 5.91 Å². The van der Waals surface area contributed by atoms with Crippen LogP contribution in [0.2, 0.25) is 0 Å². The molecule has 0 aromatic carbocycles. The summed E-state index contributed by atoms with van der Waals surface area (Å²) in [6.07, 6.45) is -0.363. The molecule has 0 aromatic rings. The smallest absolute Gasteiger partial charge is 0.240 e. The normalized spacial score (nSPS) is 45.1. The first kappa shape index (κ1) is 9.89. The molecule has 3 unspecified atom stereocenters. The lowest BCUT2D eigenvalue weighted by atomic mass is 9.95. The van der Waals surface area contributed by atoms with Gasteiger partial charge in [0.05, 0.1) is 0 Å². The zero-order valence-electron chi connectivity index (χ0n) is 8.66. The Morgan fingerprint density at radius 2 is 2.07 bits per heavy atom. The SMILES string of the molecule is CC1(C)OC2CNC(C)(C(N)=O)C2O1. The standard InChI is InChI=1S/C9H16N2O3/c1-8(2)13-5-4-11-9(3,7(10)12)6(5)14-8/h5-6,11H,4H2,1-3H3,(H2,10,12). The van der Waals surface area contributed by atoms with Crippen molar-refractivity contribution in [2.24, 2.45) is 5.73 Å². The zero-order chi connectivity index (χ0) is 10.6. The first-order valence-electron chi connectivity index (χ1n) is 4.76. The maximum absolute atomic E-state index is 11.3. The molecule has 2 saturated heterocycles. The van der Waals surface area contributed by atoms with Gasteiger partial charge >= 0.3 is 0 Å². The molecule has 0 spiro atoms. The molecule has 2 fully saturated rings. The minimum atomic E-state index is -0.807. The molecular formula is C9H16N2O3. The molecule has 3 atom stereocenters. The summed E-state index contributed by atoms with van der Waals surface area (Å²) in [6, 6.07) is 0. The van der Waals surface area contributed by atoms with Crippen molar-refractivity contribution in [1.29, 1.82) is 0 Å². The number of nitrogens with one attached hydrogen (secondary N) is 1. The number of rotatable bonds is 1. The highest BCUT2D eigenvalue weighted by Crippen LogP contribution is 2.37. The maximum Gasteiger partial charge on any atom is 0.240 e. The van der Waals surface area contributed by atoms with Crippen LogP contribution in [0.25, 0.3) is 0 Å². The second-order valence-corrected chi connectivity index (χ2v) is 4.54. The van der Waals surface area contributed by atoms with Gasteiger partial charge in [-0.15, -0.1) is 0 Å². The molecular weight excluding hydrogens is 184 g/mol. The lowest BCUT2D eigenvalue weighted by Crippen LogP contribution is -2.56. The molecule has 2 aliphatic heterocycles. The highest BCUT2D eigenvalue weighted by atomic mass is 16.8. The molecule has 0 aromatic heterocycles. The van der Waals surface area contributed by atoms with E-state index in [1.807, 2.05) is 13.8 Å². The van der Waals surface area contributed by atoms with E-state index < -0.39 is 17.2 Å². The summed E-state index contributed by atoms with van der Waals surface area (Å²) in [5.41, 5.74) is 4.53. The number of hydrogen-bond donors (Lipinski definition) is 2. The van der Waals surface area contributed by atoms with Gasteiger partial charge in [-0.1, -0.05) is 0 Å². The van der Waals surface area contributed by atoms with Crippen LogP contribution < -0.4 is 11.1 Å². The molecule has 80 valence electrons. The number of nitrogens with two attached hydrogens (primary N) is 1. The van der Waals surface area contributed by atoms with Crippen LogP contribution in [0.3, 0.4) is 0 Å². The Morgan fingerprint density at radius 1 is 1.43 bits per heavy atom. The number of fused-ring (bicyclic) bond motifs is 1. The lowest BCUT2D eigenvalue weighted by Gasteiger charge is -2.28. The quantitative estimate of drug-likeness (QED) is 0.590. The third-order valence-electron chi connectivity index (χ3n) is 2.94. The van der Waals surface area contributed by atoms with Crippen molar-refractivity contribution in [2.45, 2.75) is 44.3 Å². The Hall–Kier alpha value is -0.650. The second kappa shape index (κ2) is 2.68. The fraction of sp³-hybridized carbons (Fsp3) is 0.889. The van der Waals surface area contributed by atoms with Crippen molar-refractivity contribution in [1.82, 2.24) is 5.32 Å². The van der Waals surface area contributed by atoms with E-state index in [0.717, 1.165) is 0 Å². The first-order valence-corrected chi connectivity index (χ1v) is 4.76. The fourth-order valence-corrected chi connectivity index (χ4v) is 2.11. The zero-order valence-corrected chi connectivity index (χ0v) is 8.66. The van der Waals surface area contributed by atoms with Gasteiger partial charge in [-0.3, -0.25) is 10.1 Å². The van der Waals surface area contributed by atoms with Crippen molar-refractivity contribution in [2.75, 3.05) is 6.54 Å². The van der Waals surface area contributed by atoms with E-state index in [0.29, 0.717) is 6.54 Å². The number of carbonyl (C=O) groups is 1. The average Bonchev–Trinajstić information content (AvgIpc) is 2.49. The highest BCUT2D eigenvalue weighted by Gasteiger charge is 2.57. The summed E-state index contributed by atoms with van der Waals surface area (Å²) in [7, 11) is 0. The Morgan fingerprint density at radius 3 is 2.64 bits per heavy atom. The van der Waals surface area contributed by atoms with Crippen LogP contribution >= 0.6 is 0 Å². The molecule has 2 heterocycles. The van der Waals surface area contributed by atoms with Gasteiger partial charge < -0.3 is 15.2 Å². The fourth-order valence-electron chi connectivity index (χ4n) is 2.11. The average molecular weight is 200 g/mol. The molecule has 3 N–H and O–H groups in total. The molecule has 2 aliphatic rings. The topological polar surface area (TPSA) is 73.6 Å². The van der Waals surface area contributed by atoms with Crippen molar-refractivity contribution < 1.29 is 14.3 Å². The molecule has 1 amide bonds. The van der Waals surface area contributed by atoms with E-state index in [2.05, 4.69) is 5.32 Å². The lowest BCUT2D eigenvalue weighted by molar-refractivity contribution is -0.161. The van der Waals surface area contributed by atoms with Crippen LogP contribution in [0.5, 0.6) is 0 Å². The summed E-state index contributed by atoms with van der Waals surface area (Å²) in [4.78, 5) is 11.3. The number of amides is 1. The molecule has 0 saturated carbocycles. The summed E-state index contributed by atoms with van der Waals surface area (Å²) < 4.78 is 11.3. The van der Waals surface area contributed by atoms with Gasteiger partial charge in [-0.2, -0.15) is 0 Å². The Bertz CT molecular complexity index is 279. The van der Waals surface area contributed by atoms with E-state index in [1.165, 1.54) is 0 Å². The summed E-state index contributed by atoms with van der Waals surface area (Å²) in [5.74, 6) is -1.01. The van der Waals surface area contributed by atoms with Crippen molar-refractivity contribution in [3.05, 3.63) is 0 Å². The number of carbonyl (C=O) groups excluding carboxylic acids is 1. The first-order chi connectivity index (χ1) is 6.35. The molecule has 5 nitrogen and oxygen atoms in total. The minimum absolute atomic E-state index is 0.0810. The van der Waals surface area contributed by atoms with Gasteiger partial charge in [0.15, 0.2) is 5.79 Å². The highest BCUT2D eigenvalue weighted by molar-refractivity contribution is 5.85. The van der Waals surface area contributed by atoms with Gasteiger partial charge in [0.25, 0.3) is 0 Å².